The van der Waals surface area contributed by atoms with E-state index in [1.165, 1.54) is 11.1 Å². The molecule has 0 atom stereocenters. The largest absolute Gasteiger partial charge is 0.358 e. The van der Waals surface area contributed by atoms with E-state index in [4.69, 9.17) is 0 Å². The maximum absolute atomic E-state index is 4.62. The van der Waals surface area contributed by atoms with Crippen molar-refractivity contribution in [3.05, 3.63) is 23.4 Å². The zero-order valence-electron chi connectivity index (χ0n) is 13.9. The Labute approximate surface area is 124 Å². The fourth-order valence-corrected chi connectivity index (χ4v) is 2.08. The highest BCUT2D eigenvalue weighted by Gasteiger charge is 2.07. The van der Waals surface area contributed by atoms with Crippen LogP contribution in [-0.2, 0) is 6.54 Å². The molecule has 0 bridgehead atoms. The van der Waals surface area contributed by atoms with Gasteiger partial charge in [-0.3, -0.25) is 0 Å². The molecule has 114 valence electrons. The summed E-state index contributed by atoms with van der Waals surface area (Å²) in [5, 5.41) is 3.46. The van der Waals surface area contributed by atoms with Gasteiger partial charge in [0.15, 0.2) is 0 Å². The van der Waals surface area contributed by atoms with Crippen LogP contribution in [0.4, 0.5) is 5.82 Å². The Balaban J connectivity index is 2.58. The lowest BCUT2D eigenvalue weighted by molar-refractivity contribution is 0.416. The molecule has 1 heterocycles. The van der Waals surface area contributed by atoms with E-state index in [1.807, 2.05) is 6.20 Å². The van der Waals surface area contributed by atoms with Crippen molar-refractivity contribution in [1.82, 2.24) is 15.2 Å². The van der Waals surface area contributed by atoms with Crippen LogP contribution in [-0.4, -0.2) is 50.7 Å². The lowest BCUT2D eigenvalue weighted by atomic mass is 10.2. The first-order chi connectivity index (χ1) is 9.40. The molecule has 4 heteroatoms. The Morgan fingerprint density at radius 3 is 2.45 bits per heavy atom. The maximum atomic E-state index is 4.62. The van der Waals surface area contributed by atoms with Crippen molar-refractivity contribution >= 4 is 5.82 Å². The molecule has 0 saturated heterocycles. The van der Waals surface area contributed by atoms with Crippen molar-refractivity contribution in [3.63, 3.8) is 0 Å². The minimum atomic E-state index is 0.681. The summed E-state index contributed by atoms with van der Waals surface area (Å²) in [6.45, 7) is 10.6. The molecular formula is C16H30N4. The molecule has 0 unspecified atom stereocenters. The van der Waals surface area contributed by atoms with Gasteiger partial charge in [0.1, 0.15) is 5.82 Å². The lowest BCUT2D eigenvalue weighted by Crippen LogP contribution is -2.29. The number of likely N-dealkylation sites (N-methyl/N-ethyl adjacent to an activating group) is 2. The number of nitrogens with one attached hydrogen (secondary N) is 1. The summed E-state index contributed by atoms with van der Waals surface area (Å²) in [5.41, 5.74) is 2.50. The van der Waals surface area contributed by atoms with Crippen LogP contribution in [0.1, 0.15) is 25.0 Å². The van der Waals surface area contributed by atoms with Crippen molar-refractivity contribution in [1.29, 1.82) is 0 Å². The van der Waals surface area contributed by atoms with E-state index in [0.717, 1.165) is 32.0 Å². The molecule has 0 amide bonds. The molecule has 0 aliphatic carbocycles. The van der Waals surface area contributed by atoms with E-state index in [9.17, 15) is 0 Å². The van der Waals surface area contributed by atoms with Crippen LogP contribution in [0.15, 0.2) is 12.3 Å². The summed E-state index contributed by atoms with van der Waals surface area (Å²) < 4.78 is 0. The number of rotatable bonds is 8. The maximum Gasteiger partial charge on any atom is 0.131 e. The van der Waals surface area contributed by atoms with Gasteiger partial charge in [-0.15, -0.1) is 0 Å². The zero-order chi connectivity index (χ0) is 15.1. The first kappa shape index (κ1) is 16.9. The third-order valence-electron chi connectivity index (χ3n) is 3.23. The van der Waals surface area contributed by atoms with Crippen LogP contribution in [0, 0.1) is 12.8 Å². The number of nitrogens with zero attached hydrogens (tertiary/aromatic N) is 3. The second-order valence-corrected chi connectivity index (χ2v) is 6.23. The molecule has 0 aliphatic rings. The molecule has 4 nitrogen and oxygen atoms in total. The van der Waals surface area contributed by atoms with Gasteiger partial charge in [-0.1, -0.05) is 13.8 Å². The van der Waals surface area contributed by atoms with Crippen molar-refractivity contribution in [2.75, 3.05) is 45.7 Å². The zero-order valence-corrected chi connectivity index (χ0v) is 13.9. The number of aryl methyl sites for hydroxylation is 1. The van der Waals surface area contributed by atoms with E-state index in [2.05, 4.69) is 68.1 Å². The van der Waals surface area contributed by atoms with Gasteiger partial charge in [-0.05, 0) is 50.7 Å². The Morgan fingerprint density at radius 1 is 1.20 bits per heavy atom. The molecule has 0 saturated carbocycles. The highest BCUT2D eigenvalue weighted by atomic mass is 15.2. The molecule has 0 spiro atoms. The summed E-state index contributed by atoms with van der Waals surface area (Å²) in [5.74, 6) is 1.76. The molecule has 1 rings (SSSR count). The quantitative estimate of drug-likeness (QED) is 0.789. The second-order valence-electron chi connectivity index (χ2n) is 6.23. The monoisotopic (exact) mass is 278 g/mol. The van der Waals surface area contributed by atoms with Crippen LogP contribution in [0.3, 0.4) is 0 Å². The van der Waals surface area contributed by atoms with Crippen LogP contribution in [0.2, 0.25) is 0 Å². The van der Waals surface area contributed by atoms with E-state index >= 15 is 0 Å². The first-order valence-corrected chi connectivity index (χ1v) is 7.42. The van der Waals surface area contributed by atoms with Gasteiger partial charge in [0, 0.05) is 32.9 Å². The molecule has 20 heavy (non-hydrogen) atoms. The van der Waals surface area contributed by atoms with Crippen LogP contribution in [0.25, 0.3) is 0 Å². The molecule has 0 aliphatic heterocycles. The van der Waals surface area contributed by atoms with E-state index in [1.54, 1.807) is 0 Å². The van der Waals surface area contributed by atoms with E-state index < -0.39 is 0 Å². The summed E-state index contributed by atoms with van der Waals surface area (Å²) in [4.78, 5) is 9.03. The second kappa shape index (κ2) is 8.22. The lowest BCUT2D eigenvalue weighted by Gasteiger charge is -2.22. The number of anilines is 1. The Kier molecular flexibility index (Phi) is 6.96. The highest BCUT2D eigenvalue weighted by Crippen LogP contribution is 2.16. The summed E-state index contributed by atoms with van der Waals surface area (Å²) in [7, 11) is 6.30. The summed E-state index contributed by atoms with van der Waals surface area (Å²) in [6, 6.07) is 2.24. The molecule has 0 radical (unpaired) electrons. The Hall–Kier alpha value is -1.13. The third kappa shape index (κ3) is 5.88. The summed E-state index contributed by atoms with van der Waals surface area (Å²) >= 11 is 0. The van der Waals surface area contributed by atoms with E-state index in [0.29, 0.717) is 5.92 Å². The summed E-state index contributed by atoms with van der Waals surface area (Å²) in [6.07, 6.45) is 1.99. The third-order valence-corrected chi connectivity index (χ3v) is 3.23. The van der Waals surface area contributed by atoms with Gasteiger partial charge >= 0.3 is 0 Å². The van der Waals surface area contributed by atoms with E-state index in [-0.39, 0.29) is 0 Å². The molecule has 0 fully saturated rings. The topological polar surface area (TPSA) is 31.4 Å². The minimum Gasteiger partial charge on any atom is -0.358 e. The van der Waals surface area contributed by atoms with Crippen molar-refractivity contribution < 1.29 is 0 Å². The molecular weight excluding hydrogens is 248 g/mol. The van der Waals surface area contributed by atoms with Gasteiger partial charge in [0.05, 0.1) is 0 Å². The molecule has 0 aromatic carbocycles. The number of hydrogen-bond acceptors (Lipinski definition) is 4. The Bertz CT molecular complexity index is 401. The van der Waals surface area contributed by atoms with Gasteiger partial charge in [0.25, 0.3) is 0 Å². The smallest absolute Gasteiger partial charge is 0.131 e. The minimum absolute atomic E-state index is 0.681. The van der Waals surface area contributed by atoms with Crippen LogP contribution >= 0.6 is 0 Å². The van der Waals surface area contributed by atoms with Gasteiger partial charge in [0.2, 0.25) is 0 Å². The van der Waals surface area contributed by atoms with Gasteiger partial charge in [-0.2, -0.15) is 0 Å². The predicted octanol–water partition coefficient (Wildman–Crippen LogP) is 2.13. The number of pyridine rings is 1. The predicted molar refractivity (Wildman–Crippen MR) is 87.3 cm³/mol. The molecule has 1 aromatic rings. The highest BCUT2D eigenvalue weighted by molar-refractivity contribution is 5.46. The number of aromatic nitrogens is 1. The average molecular weight is 278 g/mol. The fraction of sp³-hybridized carbons (Fsp3) is 0.688. The molecule has 1 N–H and O–H groups in total. The fourth-order valence-electron chi connectivity index (χ4n) is 2.08. The van der Waals surface area contributed by atoms with Crippen LogP contribution < -0.4 is 10.2 Å². The molecule has 1 aromatic heterocycles. The van der Waals surface area contributed by atoms with Gasteiger partial charge in [-0.25, -0.2) is 4.98 Å². The van der Waals surface area contributed by atoms with Crippen molar-refractivity contribution in [2.24, 2.45) is 5.92 Å². The first-order valence-electron chi connectivity index (χ1n) is 7.42. The Morgan fingerprint density at radius 2 is 1.90 bits per heavy atom. The van der Waals surface area contributed by atoms with Gasteiger partial charge < -0.3 is 15.1 Å². The number of hydrogen-bond donors (Lipinski definition) is 1. The SMILES string of the molecule is Cc1cc(CNCC(C)C)cnc1N(C)CCN(C)C. The van der Waals surface area contributed by atoms with Crippen LogP contribution in [0.5, 0.6) is 0 Å². The standard InChI is InChI=1S/C16H30N4/c1-13(2)10-17-11-15-9-14(3)16(18-12-15)20(6)8-7-19(4)5/h9,12-13,17H,7-8,10-11H2,1-6H3. The van der Waals surface area contributed by atoms with Crippen molar-refractivity contribution in [3.8, 4) is 0 Å². The van der Waals surface area contributed by atoms with Crippen molar-refractivity contribution in [2.45, 2.75) is 27.3 Å². The normalized spacial score (nSPS) is 11.4. The average Bonchev–Trinajstić information content (AvgIpc) is 2.35.